The molecule has 0 radical (unpaired) electrons. The van der Waals surface area contributed by atoms with Gasteiger partial charge in [-0.3, -0.25) is 4.79 Å². The number of carbonyl (C=O) groups is 1. The zero-order valence-corrected chi connectivity index (χ0v) is 9.27. The van der Waals surface area contributed by atoms with Crippen LogP contribution in [-0.4, -0.2) is 12.5 Å². The molecular formula is C9H9BrF2N2O. The second kappa shape index (κ2) is 5.06. The Morgan fingerprint density at radius 2 is 2.07 bits per heavy atom. The van der Waals surface area contributed by atoms with Crippen LogP contribution in [0.4, 0.5) is 14.5 Å². The van der Waals surface area contributed by atoms with Gasteiger partial charge in [0.1, 0.15) is 11.6 Å². The molecule has 82 valence electrons. The van der Waals surface area contributed by atoms with Crippen molar-refractivity contribution < 1.29 is 13.6 Å². The summed E-state index contributed by atoms with van der Waals surface area (Å²) in [6.45, 7) is 0.174. The molecule has 15 heavy (non-hydrogen) atoms. The van der Waals surface area contributed by atoms with E-state index in [0.717, 1.165) is 12.1 Å². The standard InChI is InChI=1S/C9H9BrF2N2O/c10-5-3-7(12)8(4-6(5)11)14-2-1-9(13)15/h3-4,14H,1-2H2,(H2,13,15). The van der Waals surface area contributed by atoms with Gasteiger partial charge < -0.3 is 11.1 Å². The van der Waals surface area contributed by atoms with Crippen LogP contribution in [0.15, 0.2) is 16.6 Å². The number of anilines is 1. The quantitative estimate of drug-likeness (QED) is 0.828. The molecule has 1 rings (SSSR count). The average molecular weight is 279 g/mol. The van der Waals surface area contributed by atoms with Crippen LogP contribution < -0.4 is 11.1 Å². The van der Waals surface area contributed by atoms with E-state index < -0.39 is 17.5 Å². The molecule has 0 atom stereocenters. The summed E-state index contributed by atoms with van der Waals surface area (Å²) in [5.41, 5.74) is 4.91. The summed E-state index contributed by atoms with van der Waals surface area (Å²) >= 11 is 2.85. The number of benzene rings is 1. The SMILES string of the molecule is NC(=O)CCNc1cc(F)c(Br)cc1F. The smallest absolute Gasteiger partial charge is 0.219 e. The minimum Gasteiger partial charge on any atom is -0.382 e. The summed E-state index contributed by atoms with van der Waals surface area (Å²) in [6, 6.07) is 2.03. The van der Waals surface area contributed by atoms with Crippen LogP contribution >= 0.6 is 15.9 Å². The lowest BCUT2D eigenvalue weighted by Gasteiger charge is -2.07. The first-order valence-corrected chi connectivity index (χ1v) is 4.96. The minimum atomic E-state index is -0.590. The maximum Gasteiger partial charge on any atom is 0.219 e. The summed E-state index contributed by atoms with van der Waals surface area (Å²) in [5.74, 6) is -1.66. The van der Waals surface area contributed by atoms with Crippen molar-refractivity contribution in [3.8, 4) is 0 Å². The van der Waals surface area contributed by atoms with E-state index in [2.05, 4.69) is 21.2 Å². The van der Waals surface area contributed by atoms with Crippen LogP contribution in [0, 0.1) is 11.6 Å². The predicted molar refractivity (Wildman–Crippen MR) is 56.4 cm³/mol. The highest BCUT2D eigenvalue weighted by Crippen LogP contribution is 2.23. The van der Waals surface area contributed by atoms with E-state index in [4.69, 9.17) is 5.73 Å². The molecule has 3 N–H and O–H groups in total. The zero-order valence-electron chi connectivity index (χ0n) is 7.69. The Hall–Kier alpha value is -1.17. The van der Waals surface area contributed by atoms with Crippen LogP contribution in [0.2, 0.25) is 0 Å². The Labute approximate surface area is 93.8 Å². The Morgan fingerprint density at radius 1 is 1.40 bits per heavy atom. The molecule has 0 heterocycles. The molecule has 0 aromatic heterocycles. The number of nitrogens with two attached hydrogens (primary N) is 1. The summed E-state index contributed by atoms with van der Waals surface area (Å²) in [6.07, 6.45) is 0.0666. The topological polar surface area (TPSA) is 55.1 Å². The number of hydrogen-bond donors (Lipinski definition) is 2. The fourth-order valence-electron chi connectivity index (χ4n) is 0.978. The molecule has 0 aliphatic heterocycles. The van der Waals surface area contributed by atoms with E-state index in [1.807, 2.05) is 0 Å². The van der Waals surface area contributed by atoms with Gasteiger partial charge in [-0.05, 0) is 22.0 Å². The lowest BCUT2D eigenvalue weighted by atomic mass is 10.3. The van der Waals surface area contributed by atoms with E-state index in [-0.39, 0.29) is 23.1 Å². The molecule has 0 fully saturated rings. The molecule has 0 aliphatic rings. The monoisotopic (exact) mass is 278 g/mol. The van der Waals surface area contributed by atoms with Gasteiger partial charge in [-0.25, -0.2) is 8.78 Å². The van der Waals surface area contributed by atoms with Gasteiger partial charge in [0.2, 0.25) is 5.91 Å². The van der Waals surface area contributed by atoms with Gasteiger partial charge in [0.05, 0.1) is 10.2 Å². The van der Waals surface area contributed by atoms with Gasteiger partial charge >= 0.3 is 0 Å². The first-order chi connectivity index (χ1) is 7.00. The van der Waals surface area contributed by atoms with Gasteiger partial charge in [0.25, 0.3) is 0 Å². The number of halogens is 3. The zero-order chi connectivity index (χ0) is 11.4. The third kappa shape index (κ3) is 3.47. The van der Waals surface area contributed by atoms with Gasteiger partial charge in [-0.2, -0.15) is 0 Å². The van der Waals surface area contributed by atoms with Gasteiger partial charge in [-0.15, -0.1) is 0 Å². The Bertz CT molecular complexity index is 385. The molecule has 0 spiro atoms. The third-order valence-electron chi connectivity index (χ3n) is 1.70. The van der Waals surface area contributed by atoms with Crippen molar-refractivity contribution in [1.82, 2.24) is 0 Å². The maximum absolute atomic E-state index is 13.2. The molecule has 3 nitrogen and oxygen atoms in total. The van der Waals surface area contributed by atoms with Crippen LogP contribution in [0.1, 0.15) is 6.42 Å². The highest BCUT2D eigenvalue weighted by molar-refractivity contribution is 9.10. The van der Waals surface area contributed by atoms with Crippen LogP contribution in [0.3, 0.4) is 0 Å². The van der Waals surface area contributed by atoms with E-state index in [0.29, 0.717) is 0 Å². The molecule has 6 heteroatoms. The first kappa shape index (κ1) is 11.9. The van der Waals surface area contributed by atoms with Crippen molar-refractivity contribution in [2.75, 3.05) is 11.9 Å². The molecule has 1 amide bonds. The van der Waals surface area contributed by atoms with Crippen LogP contribution in [0.5, 0.6) is 0 Å². The normalized spacial score (nSPS) is 10.1. The second-order valence-corrected chi connectivity index (χ2v) is 3.74. The Balaban J connectivity index is 2.69. The molecular weight excluding hydrogens is 270 g/mol. The van der Waals surface area contributed by atoms with Crippen molar-refractivity contribution in [3.63, 3.8) is 0 Å². The summed E-state index contributed by atoms with van der Waals surface area (Å²) < 4.78 is 26.2. The molecule has 0 bridgehead atoms. The lowest BCUT2D eigenvalue weighted by molar-refractivity contribution is -0.117. The van der Waals surface area contributed by atoms with Gasteiger partial charge in [0.15, 0.2) is 0 Å². The van der Waals surface area contributed by atoms with Crippen molar-refractivity contribution in [1.29, 1.82) is 0 Å². The molecule has 1 aromatic carbocycles. The highest BCUT2D eigenvalue weighted by atomic mass is 79.9. The molecule has 0 unspecified atom stereocenters. The first-order valence-electron chi connectivity index (χ1n) is 4.17. The largest absolute Gasteiger partial charge is 0.382 e. The second-order valence-electron chi connectivity index (χ2n) is 2.89. The number of amides is 1. The summed E-state index contributed by atoms with van der Waals surface area (Å²) in [4.78, 5) is 10.4. The minimum absolute atomic E-state index is 0.0111. The van der Waals surface area contributed by atoms with E-state index in [9.17, 15) is 13.6 Å². The third-order valence-corrected chi connectivity index (χ3v) is 2.30. The molecule has 1 aromatic rings. The fraction of sp³-hybridized carbons (Fsp3) is 0.222. The van der Waals surface area contributed by atoms with Crippen molar-refractivity contribution in [3.05, 3.63) is 28.2 Å². The van der Waals surface area contributed by atoms with E-state index in [1.165, 1.54) is 0 Å². The average Bonchev–Trinajstić information content (AvgIpc) is 2.13. The Kier molecular flexibility index (Phi) is 4.02. The van der Waals surface area contributed by atoms with E-state index >= 15 is 0 Å². The van der Waals surface area contributed by atoms with Crippen molar-refractivity contribution >= 4 is 27.5 Å². The van der Waals surface area contributed by atoms with Crippen molar-refractivity contribution in [2.24, 2.45) is 5.73 Å². The van der Waals surface area contributed by atoms with Gasteiger partial charge in [-0.1, -0.05) is 0 Å². The summed E-state index contributed by atoms with van der Waals surface area (Å²) in [5, 5.41) is 2.58. The number of hydrogen-bond acceptors (Lipinski definition) is 2. The van der Waals surface area contributed by atoms with E-state index in [1.54, 1.807) is 0 Å². The fourth-order valence-corrected chi connectivity index (χ4v) is 1.29. The maximum atomic E-state index is 13.2. The number of primary amides is 1. The number of rotatable bonds is 4. The predicted octanol–water partition coefficient (Wildman–Crippen LogP) is 2.01. The highest BCUT2D eigenvalue weighted by Gasteiger charge is 2.07. The number of carbonyl (C=O) groups excluding carboxylic acids is 1. The van der Waals surface area contributed by atoms with Crippen molar-refractivity contribution in [2.45, 2.75) is 6.42 Å². The molecule has 0 aliphatic carbocycles. The van der Waals surface area contributed by atoms with Crippen LogP contribution in [-0.2, 0) is 4.79 Å². The Morgan fingerprint density at radius 3 is 2.67 bits per heavy atom. The molecule has 0 saturated carbocycles. The lowest BCUT2D eigenvalue weighted by Crippen LogP contribution is -2.16. The number of nitrogens with one attached hydrogen (secondary N) is 1. The van der Waals surface area contributed by atoms with Gasteiger partial charge in [0, 0.05) is 19.0 Å². The van der Waals surface area contributed by atoms with Crippen LogP contribution in [0.25, 0.3) is 0 Å². The summed E-state index contributed by atoms with van der Waals surface area (Å²) in [7, 11) is 0. The molecule has 0 saturated heterocycles.